The van der Waals surface area contributed by atoms with Crippen LogP contribution in [0.5, 0.6) is 0 Å². The van der Waals surface area contributed by atoms with Crippen LogP contribution in [0.25, 0.3) is 5.65 Å². The van der Waals surface area contributed by atoms with Gasteiger partial charge in [0, 0.05) is 48.8 Å². The van der Waals surface area contributed by atoms with Crippen molar-refractivity contribution in [1.82, 2.24) is 19.5 Å². The normalized spacial score (nSPS) is 13.5. The number of fused-ring (bicyclic) bond motifs is 1. The molecule has 0 saturated carbocycles. The Morgan fingerprint density at radius 2 is 1.96 bits per heavy atom. The Kier molecular flexibility index (Phi) is 5.44. The maximum Gasteiger partial charge on any atom is 0.324 e. The monoisotopic (exact) mass is 382 g/mol. The zero-order valence-electron chi connectivity index (χ0n) is 16.0. The van der Waals surface area contributed by atoms with Crippen LogP contribution in [0.4, 0.5) is 22.0 Å². The van der Waals surface area contributed by atoms with E-state index in [1.54, 1.807) is 20.5 Å². The second-order valence-corrected chi connectivity index (χ2v) is 6.41. The van der Waals surface area contributed by atoms with Crippen molar-refractivity contribution in [2.45, 2.75) is 13.8 Å². The highest BCUT2D eigenvalue weighted by molar-refractivity contribution is 5.94. The number of aryl methyl sites for hydroxylation is 1. The fraction of sp³-hybridized carbons (Fsp3) is 0.263. The van der Waals surface area contributed by atoms with Crippen molar-refractivity contribution in [1.29, 1.82) is 0 Å². The van der Waals surface area contributed by atoms with Gasteiger partial charge in [-0.2, -0.15) is 9.61 Å². The first-order valence-electron chi connectivity index (χ1n) is 8.74. The summed E-state index contributed by atoms with van der Waals surface area (Å²) in [6.07, 6.45) is 1.74. The van der Waals surface area contributed by atoms with Crippen molar-refractivity contribution in [3.63, 3.8) is 0 Å². The lowest BCUT2D eigenvalue weighted by atomic mass is 10.2. The molecule has 3 aromatic rings. The number of nitrogens with zero attached hydrogens (tertiary/aromatic N) is 5. The van der Waals surface area contributed by atoms with E-state index in [0.29, 0.717) is 6.54 Å². The predicted octanol–water partition coefficient (Wildman–Crippen LogP) is 2.66. The predicted molar refractivity (Wildman–Crippen MR) is 106 cm³/mol. The largest absolute Gasteiger partial charge is 0.483 e. The topological polar surface area (TPSA) is 103 Å². The fourth-order valence-corrected chi connectivity index (χ4v) is 3.06. The van der Waals surface area contributed by atoms with Crippen molar-refractivity contribution < 1.29 is 14.7 Å². The van der Waals surface area contributed by atoms with E-state index in [1.165, 1.54) is 0 Å². The van der Waals surface area contributed by atoms with Crippen molar-refractivity contribution in [2.75, 3.05) is 30.4 Å². The number of carboxylic acid groups (broad SMARTS) is 1. The van der Waals surface area contributed by atoms with Crippen LogP contribution < -0.4 is 10.2 Å². The third-order valence-electron chi connectivity index (χ3n) is 4.65. The smallest absolute Gasteiger partial charge is 0.324 e. The summed E-state index contributed by atoms with van der Waals surface area (Å²) in [6.45, 7) is 5.21. The quantitative estimate of drug-likeness (QED) is 0.675. The molecule has 0 radical (unpaired) electrons. The standard InChI is InChI=1S/C18H20N6O.CH2O2/c1-12-13(2)20-16-7-8-19-24(16)17(12)21-14-5-4-6-15(11-14)23-10-9-22(3)18(23)25;2-1-3/h4-8,11,21H,9-10H2,1-3H3;1H,(H,2,3). The molecule has 146 valence electrons. The Hall–Kier alpha value is -3.62. The van der Waals surface area contributed by atoms with E-state index < -0.39 is 0 Å². The number of rotatable bonds is 3. The molecule has 1 fully saturated rings. The molecule has 2 amide bonds. The van der Waals surface area contributed by atoms with Gasteiger partial charge in [-0.1, -0.05) is 6.07 Å². The Balaban J connectivity index is 0.000000706. The van der Waals surface area contributed by atoms with E-state index in [4.69, 9.17) is 9.90 Å². The molecule has 28 heavy (non-hydrogen) atoms. The molecule has 9 nitrogen and oxygen atoms in total. The average Bonchev–Trinajstić information content (AvgIpc) is 3.27. The van der Waals surface area contributed by atoms with Crippen molar-refractivity contribution in [3.8, 4) is 0 Å². The van der Waals surface area contributed by atoms with Gasteiger partial charge in [-0.3, -0.25) is 9.69 Å². The minimum Gasteiger partial charge on any atom is -0.483 e. The molecule has 9 heteroatoms. The first-order chi connectivity index (χ1) is 13.5. The number of nitrogens with one attached hydrogen (secondary N) is 1. The van der Waals surface area contributed by atoms with Crippen molar-refractivity contribution >= 4 is 35.3 Å². The van der Waals surface area contributed by atoms with Crippen LogP contribution >= 0.6 is 0 Å². The summed E-state index contributed by atoms with van der Waals surface area (Å²) in [7, 11) is 1.82. The number of hydrogen-bond acceptors (Lipinski definition) is 5. The third-order valence-corrected chi connectivity index (χ3v) is 4.65. The van der Waals surface area contributed by atoms with E-state index in [1.807, 2.05) is 51.2 Å². The average molecular weight is 382 g/mol. The number of carbonyl (C=O) groups excluding carboxylic acids is 1. The van der Waals surface area contributed by atoms with Gasteiger partial charge in [0.05, 0.1) is 6.20 Å². The first kappa shape index (κ1) is 19.2. The van der Waals surface area contributed by atoms with Gasteiger partial charge in [0.1, 0.15) is 5.82 Å². The molecular weight excluding hydrogens is 360 g/mol. The van der Waals surface area contributed by atoms with Gasteiger partial charge in [0.25, 0.3) is 6.47 Å². The molecule has 0 spiro atoms. The number of likely N-dealkylation sites (N-methyl/N-ethyl adjacent to an activating group) is 1. The maximum absolute atomic E-state index is 12.2. The summed E-state index contributed by atoms with van der Waals surface area (Å²) in [4.78, 5) is 28.6. The van der Waals surface area contributed by atoms with E-state index in [2.05, 4.69) is 15.4 Å². The number of benzene rings is 1. The molecule has 3 heterocycles. The van der Waals surface area contributed by atoms with Crippen LogP contribution in [0.3, 0.4) is 0 Å². The molecule has 1 aliphatic heterocycles. The Morgan fingerprint density at radius 1 is 1.21 bits per heavy atom. The SMILES string of the molecule is Cc1nc2ccnn2c(Nc2cccc(N3CCN(C)C3=O)c2)c1C.O=CO. The molecule has 0 bridgehead atoms. The Bertz CT molecular complexity index is 1020. The summed E-state index contributed by atoms with van der Waals surface area (Å²) in [5, 5.41) is 14.7. The number of carbonyl (C=O) groups is 2. The van der Waals surface area contributed by atoms with E-state index in [-0.39, 0.29) is 12.5 Å². The molecule has 1 aromatic carbocycles. The highest BCUT2D eigenvalue weighted by Gasteiger charge is 2.26. The summed E-state index contributed by atoms with van der Waals surface area (Å²) in [5.74, 6) is 0.884. The van der Waals surface area contributed by atoms with Gasteiger partial charge >= 0.3 is 6.03 Å². The van der Waals surface area contributed by atoms with Gasteiger partial charge in [0.15, 0.2) is 5.65 Å². The van der Waals surface area contributed by atoms with Gasteiger partial charge in [-0.25, -0.2) is 9.78 Å². The number of aromatic nitrogens is 3. The van der Waals surface area contributed by atoms with Gasteiger partial charge in [0.2, 0.25) is 0 Å². The molecule has 4 rings (SSSR count). The lowest BCUT2D eigenvalue weighted by Gasteiger charge is -2.18. The Morgan fingerprint density at radius 3 is 2.64 bits per heavy atom. The maximum atomic E-state index is 12.2. The fourth-order valence-electron chi connectivity index (χ4n) is 3.06. The van der Waals surface area contributed by atoms with Gasteiger partial charge < -0.3 is 15.3 Å². The summed E-state index contributed by atoms with van der Waals surface area (Å²) >= 11 is 0. The zero-order valence-corrected chi connectivity index (χ0v) is 16.0. The molecule has 0 aliphatic carbocycles. The lowest BCUT2D eigenvalue weighted by Crippen LogP contribution is -2.29. The second-order valence-electron chi connectivity index (χ2n) is 6.41. The highest BCUT2D eigenvalue weighted by Crippen LogP contribution is 2.27. The van der Waals surface area contributed by atoms with Gasteiger partial charge in [-0.15, -0.1) is 0 Å². The van der Waals surface area contributed by atoms with Crippen LogP contribution in [0, 0.1) is 13.8 Å². The van der Waals surface area contributed by atoms with E-state index in [0.717, 1.165) is 40.6 Å². The molecule has 1 aliphatic rings. The third kappa shape index (κ3) is 3.59. The highest BCUT2D eigenvalue weighted by atomic mass is 16.3. The van der Waals surface area contributed by atoms with Crippen LogP contribution in [0.15, 0.2) is 36.5 Å². The Labute approximate surface area is 162 Å². The minimum absolute atomic E-state index is 0.0301. The number of hydrogen-bond donors (Lipinski definition) is 2. The van der Waals surface area contributed by atoms with Crippen LogP contribution in [0.2, 0.25) is 0 Å². The number of urea groups is 1. The van der Waals surface area contributed by atoms with Gasteiger partial charge in [-0.05, 0) is 32.0 Å². The summed E-state index contributed by atoms with van der Waals surface area (Å²) in [5.41, 5.74) is 4.60. The summed E-state index contributed by atoms with van der Waals surface area (Å²) < 4.78 is 1.80. The second kappa shape index (κ2) is 7.95. The lowest BCUT2D eigenvalue weighted by molar-refractivity contribution is -0.122. The van der Waals surface area contributed by atoms with Crippen LogP contribution in [0.1, 0.15) is 11.3 Å². The first-order valence-corrected chi connectivity index (χ1v) is 8.74. The number of amides is 2. The zero-order chi connectivity index (χ0) is 20.3. The van der Waals surface area contributed by atoms with Crippen LogP contribution in [-0.2, 0) is 4.79 Å². The summed E-state index contributed by atoms with van der Waals surface area (Å²) in [6, 6.07) is 9.79. The molecule has 2 N–H and O–H groups in total. The molecule has 0 atom stereocenters. The van der Waals surface area contributed by atoms with Crippen molar-refractivity contribution in [2.24, 2.45) is 0 Å². The van der Waals surface area contributed by atoms with E-state index >= 15 is 0 Å². The molecule has 1 saturated heterocycles. The van der Waals surface area contributed by atoms with Crippen LogP contribution in [-0.4, -0.2) is 57.2 Å². The molecule has 2 aromatic heterocycles. The minimum atomic E-state index is -0.250. The number of anilines is 3. The van der Waals surface area contributed by atoms with E-state index in [9.17, 15) is 4.79 Å². The molecular formula is C19H22N6O3. The molecule has 0 unspecified atom stereocenters. The van der Waals surface area contributed by atoms with Crippen molar-refractivity contribution in [3.05, 3.63) is 47.8 Å².